The Morgan fingerprint density at radius 1 is 1.36 bits per heavy atom. The first-order chi connectivity index (χ1) is 6.63. The molecule has 0 N–H and O–H groups in total. The van der Waals surface area contributed by atoms with E-state index in [-0.39, 0.29) is 0 Å². The fraction of sp³-hybridized carbons (Fsp3) is 0.182. The Morgan fingerprint density at radius 2 is 1.93 bits per heavy atom. The summed E-state index contributed by atoms with van der Waals surface area (Å²) in [6.45, 7) is 0. The van der Waals surface area contributed by atoms with Crippen molar-refractivity contribution < 1.29 is 4.39 Å². The van der Waals surface area contributed by atoms with E-state index in [0.29, 0.717) is 5.56 Å². The largest absolute Gasteiger partial charge is 0.378 e. The van der Waals surface area contributed by atoms with Crippen molar-refractivity contribution in [2.45, 2.75) is 0 Å². The maximum absolute atomic E-state index is 12.6. The number of nitrogens with zero attached hydrogens (tertiary/aromatic N) is 2. The van der Waals surface area contributed by atoms with Crippen LogP contribution in [0.5, 0.6) is 0 Å². The molecular formula is C11H11FN2. The van der Waals surface area contributed by atoms with E-state index < -0.39 is 5.83 Å². The van der Waals surface area contributed by atoms with Gasteiger partial charge in [0.15, 0.2) is 0 Å². The molecule has 0 aliphatic carbocycles. The van der Waals surface area contributed by atoms with Gasteiger partial charge in [0.25, 0.3) is 0 Å². The molecule has 2 nitrogen and oxygen atoms in total. The van der Waals surface area contributed by atoms with Crippen molar-refractivity contribution in [2.24, 2.45) is 0 Å². The monoisotopic (exact) mass is 190 g/mol. The van der Waals surface area contributed by atoms with Crippen LogP contribution in [0.15, 0.2) is 30.1 Å². The summed E-state index contributed by atoms with van der Waals surface area (Å²) in [5.74, 6) is -0.775. The van der Waals surface area contributed by atoms with Gasteiger partial charge in [0.1, 0.15) is 6.07 Å². The molecule has 0 amide bonds. The van der Waals surface area contributed by atoms with E-state index in [1.54, 1.807) is 12.1 Å². The third-order valence-electron chi connectivity index (χ3n) is 1.81. The van der Waals surface area contributed by atoms with E-state index in [0.717, 1.165) is 5.69 Å². The van der Waals surface area contributed by atoms with Crippen LogP contribution in [-0.4, -0.2) is 14.1 Å². The third-order valence-corrected chi connectivity index (χ3v) is 1.81. The summed E-state index contributed by atoms with van der Waals surface area (Å²) in [6.07, 6.45) is 1.21. The molecular weight excluding hydrogens is 179 g/mol. The molecule has 14 heavy (non-hydrogen) atoms. The van der Waals surface area contributed by atoms with E-state index in [9.17, 15) is 4.39 Å². The van der Waals surface area contributed by atoms with E-state index in [1.807, 2.05) is 31.1 Å². The van der Waals surface area contributed by atoms with Gasteiger partial charge in [-0.2, -0.15) is 9.65 Å². The first kappa shape index (κ1) is 10.3. The second kappa shape index (κ2) is 4.43. The lowest BCUT2D eigenvalue weighted by molar-refractivity contribution is 0.679. The van der Waals surface area contributed by atoms with Crippen LogP contribution >= 0.6 is 0 Å². The topological polar surface area (TPSA) is 27.0 Å². The first-order valence-electron chi connectivity index (χ1n) is 4.18. The van der Waals surface area contributed by atoms with Crippen molar-refractivity contribution in [1.29, 1.82) is 5.26 Å². The van der Waals surface area contributed by atoms with Gasteiger partial charge < -0.3 is 4.90 Å². The zero-order valence-electron chi connectivity index (χ0n) is 8.16. The molecule has 1 aromatic carbocycles. The minimum atomic E-state index is -0.775. The average Bonchev–Trinajstić information content (AvgIpc) is 2.18. The number of halogens is 1. The number of anilines is 1. The Bertz CT molecular complexity index is 371. The Hall–Kier alpha value is -1.82. The van der Waals surface area contributed by atoms with Crippen LogP contribution in [0.3, 0.4) is 0 Å². The third kappa shape index (κ3) is 2.60. The van der Waals surface area contributed by atoms with Crippen LogP contribution in [0, 0.1) is 11.3 Å². The van der Waals surface area contributed by atoms with Gasteiger partial charge in [-0.05, 0) is 23.8 Å². The minimum absolute atomic E-state index is 0.689. The molecule has 0 aromatic heterocycles. The fourth-order valence-corrected chi connectivity index (χ4v) is 1.05. The van der Waals surface area contributed by atoms with Crippen molar-refractivity contribution in [3.8, 4) is 6.07 Å². The molecule has 0 bridgehead atoms. The second-order valence-electron chi connectivity index (χ2n) is 3.09. The molecule has 0 fully saturated rings. The predicted octanol–water partition coefficient (Wildman–Crippen LogP) is 2.59. The summed E-state index contributed by atoms with van der Waals surface area (Å²) in [5, 5.41) is 8.24. The van der Waals surface area contributed by atoms with Crippen molar-refractivity contribution in [3.05, 3.63) is 35.7 Å². The molecule has 0 radical (unpaired) electrons. The van der Waals surface area contributed by atoms with Crippen LogP contribution in [-0.2, 0) is 0 Å². The van der Waals surface area contributed by atoms with E-state index in [1.165, 1.54) is 12.1 Å². The lowest BCUT2D eigenvalue weighted by Gasteiger charge is -2.11. The zero-order chi connectivity index (χ0) is 10.6. The fourth-order valence-electron chi connectivity index (χ4n) is 1.05. The number of hydrogen-bond donors (Lipinski definition) is 0. The summed E-state index contributed by atoms with van der Waals surface area (Å²) >= 11 is 0. The second-order valence-corrected chi connectivity index (χ2v) is 3.09. The average molecular weight is 190 g/mol. The van der Waals surface area contributed by atoms with Crippen molar-refractivity contribution in [3.63, 3.8) is 0 Å². The molecule has 72 valence electrons. The predicted molar refractivity (Wildman–Crippen MR) is 55.5 cm³/mol. The van der Waals surface area contributed by atoms with Gasteiger partial charge in [-0.15, -0.1) is 0 Å². The summed E-state index contributed by atoms with van der Waals surface area (Å²) in [7, 11) is 3.86. The van der Waals surface area contributed by atoms with Crippen molar-refractivity contribution >= 4 is 11.8 Å². The standard InChI is InChI=1S/C11H11FN2/c1-14(2)11-5-3-9(4-6-11)7-10(12)8-13/h3-7H,1-2H3/b10-7+. The molecule has 1 aromatic rings. The number of rotatable bonds is 2. The molecule has 0 aliphatic heterocycles. The summed E-state index contributed by atoms with van der Waals surface area (Å²) in [4.78, 5) is 1.95. The van der Waals surface area contributed by atoms with Gasteiger partial charge in [-0.1, -0.05) is 12.1 Å². The molecule has 0 unspecified atom stereocenters. The normalized spacial score (nSPS) is 10.9. The Labute approximate surface area is 82.9 Å². The molecule has 1 rings (SSSR count). The van der Waals surface area contributed by atoms with Crippen LogP contribution in [0.25, 0.3) is 6.08 Å². The maximum atomic E-state index is 12.6. The minimum Gasteiger partial charge on any atom is -0.378 e. The molecule has 0 spiro atoms. The highest BCUT2D eigenvalue weighted by Gasteiger charge is 1.95. The van der Waals surface area contributed by atoms with E-state index in [2.05, 4.69) is 0 Å². The molecule has 0 saturated carbocycles. The number of allylic oxidation sites excluding steroid dienone is 1. The lowest BCUT2D eigenvalue weighted by atomic mass is 10.2. The Morgan fingerprint density at radius 3 is 2.36 bits per heavy atom. The van der Waals surface area contributed by atoms with Crippen molar-refractivity contribution in [2.75, 3.05) is 19.0 Å². The number of nitriles is 1. The maximum Gasteiger partial charge on any atom is 0.200 e. The highest BCUT2D eigenvalue weighted by Crippen LogP contribution is 2.14. The van der Waals surface area contributed by atoms with Gasteiger partial charge in [0.2, 0.25) is 5.83 Å². The summed E-state index contributed by atoms with van der Waals surface area (Å²) in [5.41, 5.74) is 1.73. The SMILES string of the molecule is CN(C)c1ccc(/C=C(/F)C#N)cc1. The zero-order valence-corrected chi connectivity index (χ0v) is 8.16. The highest BCUT2D eigenvalue weighted by atomic mass is 19.1. The van der Waals surface area contributed by atoms with Crippen LogP contribution in [0.4, 0.5) is 10.1 Å². The Kier molecular flexibility index (Phi) is 3.24. The van der Waals surface area contributed by atoms with Gasteiger partial charge in [-0.3, -0.25) is 0 Å². The first-order valence-corrected chi connectivity index (χ1v) is 4.18. The van der Waals surface area contributed by atoms with Gasteiger partial charge in [0.05, 0.1) is 0 Å². The number of hydrogen-bond acceptors (Lipinski definition) is 2. The molecule has 0 atom stereocenters. The highest BCUT2D eigenvalue weighted by molar-refractivity contribution is 5.58. The molecule has 3 heteroatoms. The van der Waals surface area contributed by atoms with Crippen LogP contribution in [0.1, 0.15) is 5.56 Å². The lowest BCUT2D eigenvalue weighted by Crippen LogP contribution is -2.07. The molecule has 0 aliphatic rings. The summed E-state index contributed by atoms with van der Waals surface area (Å²) in [6, 6.07) is 8.72. The van der Waals surface area contributed by atoms with E-state index >= 15 is 0 Å². The van der Waals surface area contributed by atoms with Crippen LogP contribution in [0.2, 0.25) is 0 Å². The number of benzene rings is 1. The van der Waals surface area contributed by atoms with Gasteiger partial charge in [-0.25, -0.2) is 0 Å². The van der Waals surface area contributed by atoms with Gasteiger partial charge >= 0.3 is 0 Å². The molecule has 0 heterocycles. The smallest absolute Gasteiger partial charge is 0.200 e. The van der Waals surface area contributed by atoms with E-state index in [4.69, 9.17) is 5.26 Å². The van der Waals surface area contributed by atoms with Crippen molar-refractivity contribution in [1.82, 2.24) is 0 Å². The van der Waals surface area contributed by atoms with Crippen LogP contribution < -0.4 is 4.90 Å². The Balaban J connectivity index is 2.90. The van der Waals surface area contributed by atoms with Gasteiger partial charge in [0, 0.05) is 19.8 Å². The summed E-state index contributed by atoms with van der Waals surface area (Å²) < 4.78 is 12.6. The molecule has 0 saturated heterocycles. The quantitative estimate of drug-likeness (QED) is 0.670.